The van der Waals surface area contributed by atoms with Crippen LogP contribution in [0, 0.1) is 5.92 Å². The van der Waals surface area contributed by atoms with Crippen molar-refractivity contribution in [1.82, 2.24) is 25.6 Å². The number of para-hydroxylation sites is 1. The molecular formula is C28H24F6N6O3S. The number of alkyl halides is 6. The topological polar surface area (TPSA) is 109 Å². The quantitative estimate of drug-likeness (QED) is 0.234. The third-order valence-electron chi connectivity index (χ3n) is 6.82. The van der Waals surface area contributed by atoms with Crippen LogP contribution in [0.15, 0.2) is 53.6 Å². The minimum absolute atomic E-state index is 0.0178. The highest BCUT2D eigenvalue weighted by molar-refractivity contribution is 8.18. The van der Waals surface area contributed by atoms with Gasteiger partial charge >= 0.3 is 12.5 Å². The van der Waals surface area contributed by atoms with Crippen molar-refractivity contribution in [3.63, 3.8) is 0 Å². The Morgan fingerprint density at radius 3 is 2.48 bits per heavy atom. The van der Waals surface area contributed by atoms with Gasteiger partial charge in [0, 0.05) is 31.4 Å². The Kier molecular flexibility index (Phi) is 9.10. The number of benzene rings is 1. The molecule has 0 spiro atoms. The molecule has 0 saturated carbocycles. The molecule has 1 aromatic carbocycles. The van der Waals surface area contributed by atoms with E-state index in [2.05, 4.69) is 30.3 Å². The molecule has 9 nitrogen and oxygen atoms in total. The largest absolute Gasteiger partial charge is 0.573 e. The summed E-state index contributed by atoms with van der Waals surface area (Å²) >= 11 is 0.794. The predicted octanol–water partition coefficient (Wildman–Crippen LogP) is 5.79. The van der Waals surface area contributed by atoms with Gasteiger partial charge in [0.25, 0.3) is 11.1 Å². The first-order valence-corrected chi connectivity index (χ1v) is 14.1. The number of aromatic nitrogens is 3. The summed E-state index contributed by atoms with van der Waals surface area (Å²) in [6.07, 6.45) is -5.23. The van der Waals surface area contributed by atoms with Crippen molar-refractivity contribution >= 4 is 34.9 Å². The zero-order chi connectivity index (χ0) is 31.5. The number of thioether (sulfide) groups is 1. The predicted molar refractivity (Wildman–Crippen MR) is 149 cm³/mol. The lowest BCUT2D eigenvalue weighted by Gasteiger charge is -2.32. The van der Waals surface area contributed by atoms with Crippen LogP contribution in [-0.2, 0) is 17.5 Å². The number of anilines is 1. The monoisotopic (exact) mass is 638 g/mol. The van der Waals surface area contributed by atoms with E-state index in [0.717, 1.165) is 36.7 Å². The summed E-state index contributed by atoms with van der Waals surface area (Å²) in [5.74, 6) is -0.477. The molecule has 16 heteroatoms. The van der Waals surface area contributed by atoms with Crippen LogP contribution in [-0.4, -0.2) is 52.1 Å². The summed E-state index contributed by atoms with van der Waals surface area (Å²) in [6.45, 7) is 1.67. The fourth-order valence-corrected chi connectivity index (χ4v) is 5.43. The van der Waals surface area contributed by atoms with Gasteiger partial charge in [-0.05, 0) is 73.5 Å². The number of amides is 2. The smallest absolute Gasteiger partial charge is 0.405 e. The number of pyridine rings is 1. The van der Waals surface area contributed by atoms with Crippen LogP contribution in [0.5, 0.6) is 5.75 Å². The minimum Gasteiger partial charge on any atom is -0.405 e. The van der Waals surface area contributed by atoms with Gasteiger partial charge < -0.3 is 15.0 Å². The second kappa shape index (κ2) is 12.8. The number of imide groups is 1. The van der Waals surface area contributed by atoms with Gasteiger partial charge in [0.1, 0.15) is 5.75 Å². The fourth-order valence-electron chi connectivity index (χ4n) is 4.76. The fraction of sp³-hybridized carbons (Fsp3) is 0.321. The summed E-state index contributed by atoms with van der Waals surface area (Å²) in [7, 11) is 0. The highest BCUT2D eigenvalue weighted by Gasteiger charge is 2.34. The molecule has 0 atom stereocenters. The minimum atomic E-state index is -5.03. The van der Waals surface area contributed by atoms with Gasteiger partial charge in [-0.15, -0.1) is 13.2 Å². The summed E-state index contributed by atoms with van der Waals surface area (Å²) in [5.41, 5.74) is -1.05. The third-order valence-corrected chi connectivity index (χ3v) is 7.63. The maximum Gasteiger partial charge on any atom is 0.573 e. The molecule has 2 aliphatic rings. The van der Waals surface area contributed by atoms with Gasteiger partial charge in [0.2, 0.25) is 5.95 Å². The number of nitrogens with one attached hydrogen (secondary N) is 2. The molecule has 2 amide bonds. The number of rotatable bonds is 8. The highest BCUT2D eigenvalue weighted by atomic mass is 32.2. The molecule has 2 saturated heterocycles. The van der Waals surface area contributed by atoms with Gasteiger partial charge in [-0.25, -0.2) is 9.97 Å². The summed E-state index contributed by atoms with van der Waals surface area (Å²) < 4.78 is 83.7. The van der Waals surface area contributed by atoms with Crippen molar-refractivity contribution in [2.24, 2.45) is 5.92 Å². The first-order valence-electron chi connectivity index (χ1n) is 13.3. The summed E-state index contributed by atoms with van der Waals surface area (Å²) in [4.78, 5) is 38.4. The first kappa shape index (κ1) is 31.3. The normalized spacial score (nSPS) is 17.3. The van der Waals surface area contributed by atoms with Gasteiger partial charge in [0.05, 0.1) is 27.6 Å². The lowest BCUT2D eigenvalue weighted by Crippen LogP contribution is -2.38. The van der Waals surface area contributed by atoms with Crippen molar-refractivity contribution in [1.29, 1.82) is 0 Å². The maximum absolute atomic E-state index is 13.7. The molecule has 0 bridgehead atoms. The van der Waals surface area contributed by atoms with E-state index in [1.165, 1.54) is 24.3 Å². The van der Waals surface area contributed by atoms with Crippen molar-refractivity contribution in [3.8, 4) is 17.0 Å². The van der Waals surface area contributed by atoms with Gasteiger partial charge in [-0.2, -0.15) is 13.2 Å². The number of ether oxygens (including phenoxy) is 1. The molecule has 2 fully saturated rings. The first-order chi connectivity index (χ1) is 20.8. The van der Waals surface area contributed by atoms with E-state index in [0.29, 0.717) is 37.3 Å². The lowest BCUT2D eigenvalue weighted by molar-refractivity contribution is -0.274. The Hall–Kier alpha value is -4.18. The van der Waals surface area contributed by atoms with E-state index in [4.69, 9.17) is 0 Å². The zero-order valence-corrected chi connectivity index (χ0v) is 23.5. The number of nitrogens with zero attached hydrogens (tertiary/aromatic N) is 4. The summed E-state index contributed by atoms with van der Waals surface area (Å²) in [5, 5.41) is 4.87. The molecule has 232 valence electrons. The Morgan fingerprint density at radius 2 is 1.80 bits per heavy atom. The van der Waals surface area contributed by atoms with Gasteiger partial charge in [0.15, 0.2) is 0 Å². The molecular weight excluding hydrogens is 614 g/mol. The number of piperidine rings is 1. The standard InChI is InChI=1S/C28H24F6N6O3S/c29-27(30,31)17-11-19(37-21(12-17)20-3-1-2-4-22(20)43-28(32,33)34)15-35-14-16-6-9-40(10-7-16)25-36-8-5-18(38-25)13-23-24(41)39-26(42)44-23/h1-5,8,11-13,16,35H,6-7,9-10,14-15H2,(H,39,41,42)/b23-13+. The molecule has 2 aromatic heterocycles. The van der Waals surface area contributed by atoms with E-state index in [1.807, 2.05) is 4.90 Å². The van der Waals surface area contributed by atoms with E-state index in [9.17, 15) is 35.9 Å². The number of hydrogen-bond acceptors (Lipinski definition) is 9. The number of halogens is 6. The number of hydrogen-bond donors (Lipinski definition) is 2. The van der Waals surface area contributed by atoms with Crippen LogP contribution in [0.3, 0.4) is 0 Å². The number of carbonyl (C=O) groups excluding carboxylic acids is 2. The third kappa shape index (κ3) is 8.05. The lowest BCUT2D eigenvalue weighted by atomic mass is 9.97. The Labute approximate surface area is 251 Å². The van der Waals surface area contributed by atoms with E-state index in [-0.39, 0.29) is 34.3 Å². The van der Waals surface area contributed by atoms with Crippen molar-refractivity contribution < 1.29 is 40.7 Å². The van der Waals surface area contributed by atoms with Gasteiger partial charge in [-0.1, -0.05) is 12.1 Å². The summed E-state index contributed by atoms with van der Waals surface area (Å²) in [6, 6.07) is 8.10. The van der Waals surface area contributed by atoms with E-state index < -0.39 is 35.0 Å². The molecule has 0 aliphatic carbocycles. The van der Waals surface area contributed by atoms with Gasteiger partial charge in [-0.3, -0.25) is 19.9 Å². The van der Waals surface area contributed by atoms with Crippen LogP contribution in [0.4, 0.5) is 37.1 Å². The molecule has 5 rings (SSSR count). The maximum atomic E-state index is 13.7. The van der Waals surface area contributed by atoms with E-state index >= 15 is 0 Å². The second-order valence-corrected chi connectivity index (χ2v) is 11.0. The SMILES string of the molecule is O=C1NC(=O)/C(=C\c2ccnc(N3CCC(CNCc4cc(C(F)(F)F)cc(-c5ccccc5OC(F)(F)F)n4)CC3)n2)S1. The Bertz CT molecular complexity index is 1570. The second-order valence-electron chi connectivity index (χ2n) is 9.97. The van der Waals surface area contributed by atoms with Crippen molar-refractivity contribution in [3.05, 3.63) is 70.5 Å². The van der Waals surface area contributed by atoms with Crippen LogP contribution < -0.4 is 20.3 Å². The molecule has 0 unspecified atom stereocenters. The van der Waals surface area contributed by atoms with Crippen LogP contribution in [0.25, 0.3) is 17.3 Å². The zero-order valence-electron chi connectivity index (χ0n) is 22.7. The Balaban J connectivity index is 1.21. The molecule has 4 heterocycles. The number of carbonyl (C=O) groups is 2. The molecule has 0 radical (unpaired) electrons. The van der Waals surface area contributed by atoms with Crippen molar-refractivity contribution in [2.75, 3.05) is 24.5 Å². The van der Waals surface area contributed by atoms with E-state index in [1.54, 1.807) is 12.3 Å². The Morgan fingerprint density at radius 1 is 1.05 bits per heavy atom. The molecule has 2 N–H and O–H groups in total. The average Bonchev–Trinajstić information content (AvgIpc) is 3.28. The van der Waals surface area contributed by atoms with Crippen LogP contribution in [0.2, 0.25) is 0 Å². The molecule has 44 heavy (non-hydrogen) atoms. The van der Waals surface area contributed by atoms with Crippen LogP contribution >= 0.6 is 11.8 Å². The highest BCUT2D eigenvalue weighted by Crippen LogP contribution is 2.37. The van der Waals surface area contributed by atoms with Crippen LogP contribution in [0.1, 0.15) is 29.8 Å². The molecule has 2 aliphatic heterocycles. The molecule has 3 aromatic rings. The van der Waals surface area contributed by atoms with Crippen molar-refractivity contribution in [2.45, 2.75) is 31.9 Å². The average molecular weight is 639 g/mol.